The zero-order valence-electron chi connectivity index (χ0n) is 16.9. The van der Waals surface area contributed by atoms with E-state index in [4.69, 9.17) is 20.8 Å². The van der Waals surface area contributed by atoms with Gasteiger partial charge in [-0.25, -0.2) is 4.79 Å². The molecule has 1 aliphatic carbocycles. The summed E-state index contributed by atoms with van der Waals surface area (Å²) in [7, 11) is -2.44. The molecular weight excluding hydrogens is 423 g/mol. The maximum atomic E-state index is 14.2. The average molecular weight is 446 g/mol. The van der Waals surface area contributed by atoms with E-state index >= 15 is 0 Å². The van der Waals surface area contributed by atoms with Crippen LogP contribution in [0.4, 0.5) is 23.7 Å². The number of fused-ring (bicyclic) bond motifs is 1. The van der Waals surface area contributed by atoms with E-state index in [1.807, 2.05) is 33.9 Å². The van der Waals surface area contributed by atoms with Crippen molar-refractivity contribution in [1.82, 2.24) is 0 Å². The summed E-state index contributed by atoms with van der Waals surface area (Å²) in [5.74, 6) is 4.78. The summed E-state index contributed by atoms with van der Waals surface area (Å²) in [5.41, 5.74) is -3.55. The molecule has 4 nitrogen and oxygen atoms in total. The first-order valence-electron chi connectivity index (χ1n) is 9.29. The number of carbonyl (C=O) groups excluding carboxylic acids is 1. The first-order valence-corrected chi connectivity index (χ1v) is 12.6. The number of nitrogens with one attached hydrogen (secondary N) is 1. The summed E-state index contributed by atoms with van der Waals surface area (Å²) < 4.78 is 53.7. The number of carbonyl (C=O) groups is 1. The fraction of sp³-hybridized carbons (Fsp3) is 0.550. The third-order valence-electron chi connectivity index (χ3n) is 5.52. The molecule has 1 unspecified atom stereocenters. The predicted molar refractivity (Wildman–Crippen MR) is 108 cm³/mol. The van der Waals surface area contributed by atoms with Crippen molar-refractivity contribution in [2.24, 2.45) is 5.92 Å². The van der Waals surface area contributed by atoms with Crippen molar-refractivity contribution in [3.05, 3.63) is 22.7 Å². The number of anilines is 1. The van der Waals surface area contributed by atoms with Gasteiger partial charge in [0.05, 0.1) is 5.69 Å². The largest absolute Gasteiger partial charge is 0.542 e. The number of benzene rings is 1. The molecule has 0 aromatic heterocycles. The maximum absolute atomic E-state index is 14.2. The van der Waals surface area contributed by atoms with Crippen LogP contribution in [-0.4, -0.2) is 20.6 Å². The summed E-state index contributed by atoms with van der Waals surface area (Å²) in [6.07, 6.45) is -4.73. The molecule has 0 radical (unpaired) electrons. The second-order valence-electron chi connectivity index (χ2n) is 8.93. The maximum Gasteiger partial charge on any atom is 0.445 e. The molecule has 1 amide bonds. The van der Waals surface area contributed by atoms with Gasteiger partial charge in [-0.05, 0) is 49.0 Å². The van der Waals surface area contributed by atoms with Gasteiger partial charge in [0.2, 0.25) is 0 Å². The van der Waals surface area contributed by atoms with Gasteiger partial charge in [0.15, 0.2) is 0 Å². The SMILES string of the molecule is CC(C)(C)[Si](C)(C)Oc1cc(Cl)cc2c1NC(=O)OC2(C#CC1CC1)C(F)(F)F. The average Bonchev–Trinajstić information content (AvgIpc) is 3.35. The van der Waals surface area contributed by atoms with Gasteiger partial charge in [0.25, 0.3) is 13.9 Å². The van der Waals surface area contributed by atoms with Gasteiger partial charge in [-0.3, -0.25) is 5.32 Å². The quantitative estimate of drug-likeness (QED) is 0.420. The van der Waals surface area contributed by atoms with Crippen LogP contribution in [0.1, 0.15) is 39.2 Å². The number of rotatable bonds is 2. The highest BCUT2D eigenvalue weighted by Crippen LogP contribution is 2.52. The van der Waals surface area contributed by atoms with Gasteiger partial charge in [0.1, 0.15) is 5.75 Å². The van der Waals surface area contributed by atoms with E-state index in [1.165, 1.54) is 6.07 Å². The molecule has 9 heteroatoms. The lowest BCUT2D eigenvalue weighted by atomic mass is 9.90. The highest BCUT2D eigenvalue weighted by molar-refractivity contribution is 6.74. The van der Waals surface area contributed by atoms with E-state index < -0.39 is 26.2 Å². The van der Waals surface area contributed by atoms with Gasteiger partial charge in [-0.1, -0.05) is 38.3 Å². The molecule has 1 aliphatic heterocycles. The minimum Gasteiger partial charge on any atom is -0.542 e. The molecule has 2 aliphatic rings. The molecule has 158 valence electrons. The Morgan fingerprint density at radius 3 is 2.41 bits per heavy atom. The summed E-state index contributed by atoms with van der Waals surface area (Å²) in [6.45, 7) is 9.90. The van der Waals surface area contributed by atoms with E-state index in [0.29, 0.717) is 0 Å². The fourth-order valence-corrected chi connectivity index (χ4v) is 3.85. The molecule has 1 aromatic carbocycles. The van der Waals surface area contributed by atoms with Gasteiger partial charge in [-0.15, -0.1) is 0 Å². The number of cyclic esters (lactones) is 1. The fourth-order valence-electron chi connectivity index (χ4n) is 2.62. The van der Waals surface area contributed by atoms with Crippen LogP contribution in [0.15, 0.2) is 12.1 Å². The normalized spacial score (nSPS) is 22.0. The van der Waals surface area contributed by atoms with Crippen molar-refractivity contribution >= 4 is 31.7 Å². The monoisotopic (exact) mass is 445 g/mol. The Morgan fingerprint density at radius 2 is 1.90 bits per heavy atom. The summed E-state index contributed by atoms with van der Waals surface area (Å²) in [5, 5.41) is 2.19. The lowest BCUT2D eigenvalue weighted by Crippen LogP contribution is -2.50. The number of hydrogen-bond donors (Lipinski definition) is 1. The van der Waals surface area contributed by atoms with E-state index in [-0.39, 0.29) is 33.0 Å². The number of hydrogen-bond acceptors (Lipinski definition) is 3. The lowest BCUT2D eigenvalue weighted by Gasteiger charge is -2.40. The molecule has 1 saturated carbocycles. The Kier molecular flexibility index (Phi) is 5.16. The Labute approximate surface area is 174 Å². The van der Waals surface area contributed by atoms with Gasteiger partial charge >= 0.3 is 12.3 Å². The van der Waals surface area contributed by atoms with Crippen LogP contribution in [0.3, 0.4) is 0 Å². The first-order chi connectivity index (χ1) is 13.2. The second kappa shape index (κ2) is 6.85. The molecule has 0 bridgehead atoms. The van der Waals surface area contributed by atoms with Crippen LogP contribution < -0.4 is 9.74 Å². The van der Waals surface area contributed by atoms with Crippen LogP contribution in [0, 0.1) is 17.8 Å². The smallest absolute Gasteiger partial charge is 0.445 e. The van der Waals surface area contributed by atoms with E-state index in [9.17, 15) is 18.0 Å². The van der Waals surface area contributed by atoms with Crippen LogP contribution in [0.2, 0.25) is 23.2 Å². The number of amides is 1. The van der Waals surface area contributed by atoms with Crippen LogP contribution in [0.25, 0.3) is 0 Å². The second-order valence-corrected chi connectivity index (χ2v) is 14.1. The molecular formula is C20H23ClF3NO3Si. The van der Waals surface area contributed by atoms with Crippen molar-refractivity contribution in [3.8, 4) is 17.6 Å². The Balaban J connectivity index is 2.22. The van der Waals surface area contributed by atoms with Crippen molar-refractivity contribution < 1.29 is 27.1 Å². The topological polar surface area (TPSA) is 47.6 Å². The van der Waals surface area contributed by atoms with Gasteiger partial charge in [-0.2, -0.15) is 13.2 Å². The molecule has 3 rings (SSSR count). The highest BCUT2D eigenvalue weighted by Gasteiger charge is 2.62. The molecule has 1 N–H and O–H groups in total. The first kappa shape index (κ1) is 21.8. The molecule has 1 aromatic rings. The van der Waals surface area contributed by atoms with Crippen molar-refractivity contribution in [1.29, 1.82) is 0 Å². The molecule has 0 spiro atoms. The lowest BCUT2D eigenvalue weighted by molar-refractivity contribution is -0.239. The van der Waals surface area contributed by atoms with Crippen LogP contribution in [-0.2, 0) is 10.3 Å². The zero-order valence-corrected chi connectivity index (χ0v) is 18.6. The Hall–Kier alpha value is -1.85. The van der Waals surface area contributed by atoms with Crippen LogP contribution >= 0.6 is 11.6 Å². The zero-order chi connectivity index (χ0) is 21.8. The third kappa shape index (κ3) is 4.08. The van der Waals surface area contributed by atoms with E-state index in [0.717, 1.165) is 18.9 Å². The van der Waals surface area contributed by atoms with Crippen molar-refractivity contribution in [2.45, 2.75) is 63.5 Å². The minimum absolute atomic E-state index is 0.0408. The molecule has 29 heavy (non-hydrogen) atoms. The predicted octanol–water partition coefficient (Wildman–Crippen LogP) is 6.46. The van der Waals surface area contributed by atoms with Gasteiger partial charge in [0, 0.05) is 16.5 Å². The van der Waals surface area contributed by atoms with Crippen LogP contribution in [0.5, 0.6) is 5.75 Å². The Bertz CT molecular complexity index is 911. The number of alkyl halides is 3. The number of halogens is 4. The summed E-state index contributed by atoms with van der Waals surface area (Å²) in [4.78, 5) is 12.2. The number of ether oxygens (including phenoxy) is 1. The Morgan fingerprint density at radius 1 is 1.28 bits per heavy atom. The summed E-state index contributed by atoms with van der Waals surface area (Å²) in [6, 6.07) is 2.55. The molecule has 1 fully saturated rings. The standard InChI is InChI=1S/C20H23ClF3NO3Si/c1-18(2,3)29(4,5)28-15-11-13(21)10-14-16(15)25-17(26)27-19(14,20(22,23)24)9-8-12-6-7-12/h10-12H,6-7H2,1-5H3,(H,25,26). The minimum atomic E-state index is -4.96. The van der Waals surface area contributed by atoms with Gasteiger partial charge < -0.3 is 9.16 Å². The molecule has 1 atom stereocenters. The van der Waals surface area contributed by atoms with E-state index in [1.54, 1.807) is 0 Å². The molecule has 0 saturated heterocycles. The molecule has 1 heterocycles. The van der Waals surface area contributed by atoms with Crippen molar-refractivity contribution in [2.75, 3.05) is 5.32 Å². The third-order valence-corrected chi connectivity index (χ3v) is 10.1. The summed E-state index contributed by atoms with van der Waals surface area (Å²) >= 11 is 6.17. The van der Waals surface area contributed by atoms with E-state index in [2.05, 4.69) is 17.2 Å². The van der Waals surface area contributed by atoms with Crippen molar-refractivity contribution in [3.63, 3.8) is 0 Å². The highest BCUT2D eigenvalue weighted by atomic mass is 35.5.